The second kappa shape index (κ2) is 3.56. The topological polar surface area (TPSA) is 77.0 Å². The summed E-state index contributed by atoms with van der Waals surface area (Å²) in [5, 5.41) is 5.29. The zero-order valence-electron chi connectivity index (χ0n) is 7.94. The van der Waals surface area contributed by atoms with Gasteiger partial charge < -0.3 is 14.8 Å². The highest BCUT2D eigenvalue weighted by molar-refractivity contribution is 5.92. The number of anilines is 1. The summed E-state index contributed by atoms with van der Waals surface area (Å²) < 4.78 is 10.2. The maximum absolute atomic E-state index is 10.9. The highest BCUT2D eigenvalue weighted by Gasteiger charge is 2.18. The molecule has 0 spiro atoms. The Kier molecular flexibility index (Phi) is 2.24. The summed E-state index contributed by atoms with van der Waals surface area (Å²) in [6, 6.07) is 2.95. The van der Waals surface area contributed by atoms with Crippen molar-refractivity contribution in [3.8, 4) is 11.5 Å². The Balaban J connectivity index is 2.43. The Morgan fingerprint density at radius 1 is 1.40 bits per heavy atom. The van der Waals surface area contributed by atoms with Crippen LogP contribution in [0, 0.1) is 4.91 Å². The van der Waals surface area contributed by atoms with Gasteiger partial charge in [-0.1, -0.05) is 0 Å². The van der Waals surface area contributed by atoms with Gasteiger partial charge in [0.1, 0.15) is 5.69 Å². The van der Waals surface area contributed by atoms with Crippen LogP contribution >= 0.6 is 0 Å². The Labute approximate surface area is 85.2 Å². The summed E-state index contributed by atoms with van der Waals surface area (Å²) in [7, 11) is 0. The van der Waals surface area contributed by atoms with E-state index in [1.165, 1.54) is 19.1 Å². The van der Waals surface area contributed by atoms with Crippen molar-refractivity contribution in [2.24, 2.45) is 5.18 Å². The van der Waals surface area contributed by atoms with Gasteiger partial charge in [-0.2, -0.15) is 0 Å². The van der Waals surface area contributed by atoms with Crippen LogP contribution < -0.4 is 14.8 Å². The maximum Gasteiger partial charge on any atom is 0.231 e. The molecule has 1 aromatic rings. The third-order valence-corrected chi connectivity index (χ3v) is 1.90. The molecule has 6 heteroatoms. The van der Waals surface area contributed by atoms with E-state index in [1.807, 2.05) is 0 Å². The summed E-state index contributed by atoms with van der Waals surface area (Å²) in [5.74, 6) is 0.670. The summed E-state index contributed by atoms with van der Waals surface area (Å²) in [6.45, 7) is 1.45. The molecule has 0 unspecified atom stereocenters. The maximum atomic E-state index is 10.9. The molecule has 0 atom stereocenters. The van der Waals surface area contributed by atoms with E-state index in [0.29, 0.717) is 17.2 Å². The molecular formula is C9H8N2O4. The second-order valence-corrected chi connectivity index (χ2v) is 3.00. The number of amides is 1. The van der Waals surface area contributed by atoms with E-state index in [2.05, 4.69) is 10.5 Å². The van der Waals surface area contributed by atoms with E-state index in [0.717, 1.165) is 0 Å². The molecule has 6 nitrogen and oxygen atoms in total. The third-order valence-electron chi connectivity index (χ3n) is 1.90. The average molecular weight is 208 g/mol. The standard InChI is InChI=1S/C9H8N2O4/c1-5(12)10-6-2-8-9(15-4-14-8)3-7(6)11-13/h2-3H,4H2,1H3,(H,10,12). The molecule has 1 aliphatic rings. The molecule has 1 aliphatic heterocycles. The Hall–Kier alpha value is -2.11. The minimum Gasteiger partial charge on any atom is -0.454 e. The van der Waals surface area contributed by atoms with Gasteiger partial charge in [0.05, 0.1) is 5.69 Å². The SMILES string of the molecule is CC(=O)Nc1cc2c(cc1N=O)OCO2. The van der Waals surface area contributed by atoms with E-state index >= 15 is 0 Å². The molecule has 0 saturated heterocycles. The zero-order chi connectivity index (χ0) is 10.8. The van der Waals surface area contributed by atoms with Crippen LogP contribution in [0.25, 0.3) is 0 Å². The number of hydrogen-bond acceptors (Lipinski definition) is 5. The number of fused-ring (bicyclic) bond motifs is 1. The molecule has 1 aromatic carbocycles. The quantitative estimate of drug-likeness (QED) is 0.751. The van der Waals surface area contributed by atoms with Gasteiger partial charge in [-0.25, -0.2) is 0 Å². The van der Waals surface area contributed by atoms with Gasteiger partial charge in [-0.3, -0.25) is 4.79 Å². The van der Waals surface area contributed by atoms with Crippen molar-refractivity contribution in [1.82, 2.24) is 0 Å². The van der Waals surface area contributed by atoms with Crippen molar-refractivity contribution in [1.29, 1.82) is 0 Å². The number of hydrogen-bond donors (Lipinski definition) is 1. The van der Waals surface area contributed by atoms with Gasteiger partial charge in [-0.05, 0) is 5.18 Å². The number of benzene rings is 1. The lowest BCUT2D eigenvalue weighted by Crippen LogP contribution is -2.05. The fourth-order valence-corrected chi connectivity index (χ4v) is 1.30. The molecule has 0 bridgehead atoms. The van der Waals surface area contributed by atoms with Crippen molar-refractivity contribution < 1.29 is 14.3 Å². The van der Waals surface area contributed by atoms with Crippen molar-refractivity contribution in [2.75, 3.05) is 12.1 Å². The Morgan fingerprint density at radius 3 is 2.67 bits per heavy atom. The van der Waals surface area contributed by atoms with E-state index in [4.69, 9.17) is 9.47 Å². The monoisotopic (exact) mass is 208 g/mol. The molecule has 0 aromatic heterocycles. The molecule has 1 N–H and O–H groups in total. The van der Waals surface area contributed by atoms with E-state index in [1.54, 1.807) is 0 Å². The lowest BCUT2D eigenvalue weighted by Gasteiger charge is -2.05. The van der Waals surface area contributed by atoms with Crippen LogP contribution in [0.15, 0.2) is 17.3 Å². The summed E-state index contributed by atoms with van der Waals surface area (Å²) in [6.07, 6.45) is 0. The van der Waals surface area contributed by atoms with Crippen LogP contribution in [0.2, 0.25) is 0 Å². The first-order chi connectivity index (χ1) is 7.20. The normalized spacial score (nSPS) is 12.3. The molecule has 78 valence electrons. The first kappa shape index (κ1) is 9.45. The van der Waals surface area contributed by atoms with Gasteiger partial charge in [0.25, 0.3) is 0 Å². The molecule has 2 rings (SSSR count). The molecule has 0 aliphatic carbocycles. The highest BCUT2D eigenvalue weighted by atomic mass is 16.7. The van der Waals surface area contributed by atoms with Crippen molar-refractivity contribution in [2.45, 2.75) is 6.92 Å². The number of rotatable bonds is 2. The van der Waals surface area contributed by atoms with Gasteiger partial charge in [0.2, 0.25) is 12.7 Å². The van der Waals surface area contributed by atoms with Crippen LogP contribution in [0.3, 0.4) is 0 Å². The summed E-state index contributed by atoms with van der Waals surface area (Å²) in [4.78, 5) is 21.4. The lowest BCUT2D eigenvalue weighted by molar-refractivity contribution is -0.114. The molecule has 1 heterocycles. The van der Waals surface area contributed by atoms with Crippen LogP contribution in [0.4, 0.5) is 11.4 Å². The Bertz CT molecular complexity index is 430. The highest BCUT2D eigenvalue weighted by Crippen LogP contribution is 2.40. The Morgan fingerprint density at radius 2 is 2.07 bits per heavy atom. The second-order valence-electron chi connectivity index (χ2n) is 3.00. The fraction of sp³-hybridized carbons (Fsp3) is 0.222. The van der Waals surface area contributed by atoms with Crippen molar-refractivity contribution in [3.05, 3.63) is 17.0 Å². The molecular weight excluding hydrogens is 200 g/mol. The van der Waals surface area contributed by atoms with E-state index in [9.17, 15) is 9.70 Å². The van der Waals surface area contributed by atoms with E-state index < -0.39 is 0 Å². The van der Waals surface area contributed by atoms with Gasteiger partial charge in [0.15, 0.2) is 11.5 Å². The van der Waals surface area contributed by atoms with Gasteiger partial charge >= 0.3 is 0 Å². The molecule has 0 fully saturated rings. The van der Waals surface area contributed by atoms with E-state index in [-0.39, 0.29) is 18.4 Å². The molecule has 15 heavy (non-hydrogen) atoms. The first-order valence-corrected chi connectivity index (χ1v) is 4.25. The minimum absolute atomic E-state index is 0.108. The number of nitroso groups, excluding NO2 is 1. The van der Waals surface area contributed by atoms with Crippen LogP contribution in [-0.2, 0) is 4.79 Å². The number of nitrogens with zero attached hydrogens (tertiary/aromatic N) is 1. The zero-order valence-corrected chi connectivity index (χ0v) is 7.94. The smallest absolute Gasteiger partial charge is 0.231 e. The number of carbonyl (C=O) groups excluding carboxylic acids is 1. The third kappa shape index (κ3) is 1.74. The van der Waals surface area contributed by atoms with Gasteiger partial charge in [-0.15, -0.1) is 4.91 Å². The predicted molar refractivity (Wildman–Crippen MR) is 52.3 cm³/mol. The largest absolute Gasteiger partial charge is 0.454 e. The van der Waals surface area contributed by atoms with Crippen LogP contribution in [-0.4, -0.2) is 12.7 Å². The summed E-state index contributed by atoms with van der Waals surface area (Å²) in [5.41, 5.74) is 0.441. The van der Waals surface area contributed by atoms with Crippen LogP contribution in [0.1, 0.15) is 6.92 Å². The van der Waals surface area contributed by atoms with Gasteiger partial charge in [0, 0.05) is 19.1 Å². The number of ether oxygens (including phenoxy) is 2. The lowest BCUT2D eigenvalue weighted by atomic mass is 10.2. The van der Waals surface area contributed by atoms with Crippen molar-refractivity contribution >= 4 is 17.3 Å². The average Bonchev–Trinajstić information content (AvgIpc) is 2.62. The number of nitrogens with one attached hydrogen (secondary N) is 1. The van der Waals surface area contributed by atoms with Crippen molar-refractivity contribution in [3.63, 3.8) is 0 Å². The first-order valence-electron chi connectivity index (χ1n) is 4.25. The van der Waals surface area contributed by atoms with Crippen LogP contribution in [0.5, 0.6) is 11.5 Å². The molecule has 0 radical (unpaired) electrons. The fourth-order valence-electron chi connectivity index (χ4n) is 1.30. The number of carbonyl (C=O) groups is 1. The molecule has 1 amide bonds. The summed E-state index contributed by atoms with van der Waals surface area (Å²) >= 11 is 0. The molecule has 0 saturated carbocycles. The minimum atomic E-state index is -0.279. The predicted octanol–water partition coefficient (Wildman–Crippen LogP) is 1.77.